The Morgan fingerprint density at radius 3 is 2.44 bits per heavy atom. The summed E-state index contributed by atoms with van der Waals surface area (Å²) in [5, 5.41) is 21.6. The van der Waals surface area contributed by atoms with E-state index in [4.69, 9.17) is 24.8 Å². The molecule has 2 aliphatic heterocycles. The van der Waals surface area contributed by atoms with Gasteiger partial charge in [0.2, 0.25) is 5.91 Å². The maximum atomic E-state index is 12.4. The van der Waals surface area contributed by atoms with Crippen molar-refractivity contribution < 1.29 is 43.3 Å². The lowest BCUT2D eigenvalue weighted by Gasteiger charge is -2.49. The van der Waals surface area contributed by atoms with E-state index in [0.717, 1.165) is 15.2 Å². The molecule has 0 aliphatic carbocycles. The maximum absolute atomic E-state index is 12.4. The van der Waals surface area contributed by atoms with E-state index < -0.39 is 35.4 Å². The molecule has 3 amide bonds. The normalized spacial score (nSPS) is 16.9. The van der Waals surface area contributed by atoms with Crippen molar-refractivity contribution >= 4 is 63.9 Å². The van der Waals surface area contributed by atoms with Crippen LogP contribution >= 0.6 is 23.1 Å². The summed E-state index contributed by atoms with van der Waals surface area (Å²) < 4.78 is 9.92. The van der Waals surface area contributed by atoms with E-state index in [1.807, 2.05) is 35.7 Å². The molecule has 5 rings (SSSR count). The third-order valence-corrected chi connectivity index (χ3v) is 8.08. The van der Waals surface area contributed by atoms with Gasteiger partial charge in [-0.2, -0.15) is 0 Å². The summed E-state index contributed by atoms with van der Waals surface area (Å²) in [6, 6.07) is 12.1. The molecule has 4 heterocycles. The summed E-state index contributed by atoms with van der Waals surface area (Å²) in [6.07, 6.45) is -1.15. The molecule has 43 heavy (non-hydrogen) atoms. The number of carboxylic acid groups (broad SMARTS) is 2. The Kier molecular flexibility index (Phi) is 11.4. The zero-order valence-corrected chi connectivity index (χ0v) is 24.3. The van der Waals surface area contributed by atoms with Crippen molar-refractivity contribution in [3.05, 3.63) is 80.0 Å². The van der Waals surface area contributed by atoms with E-state index in [0.29, 0.717) is 22.5 Å². The van der Waals surface area contributed by atoms with Gasteiger partial charge in [0, 0.05) is 35.1 Å². The molecule has 2 atom stereocenters. The van der Waals surface area contributed by atoms with Gasteiger partial charge < -0.3 is 36.2 Å². The number of hydrogen-bond donors (Lipinski definition) is 5. The van der Waals surface area contributed by atoms with Crippen molar-refractivity contribution in [2.75, 3.05) is 12.4 Å². The number of rotatable bonds is 7. The van der Waals surface area contributed by atoms with Gasteiger partial charge in [0.05, 0.1) is 12.0 Å². The minimum absolute atomic E-state index is 0.163. The number of benzene rings is 1. The molecule has 7 N–H and O–H groups in total. The molecule has 1 saturated heterocycles. The van der Waals surface area contributed by atoms with Crippen LogP contribution in [0.15, 0.2) is 68.3 Å². The lowest BCUT2D eigenvalue weighted by atomic mass is 10.0. The van der Waals surface area contributed by atoms with Gasteiger partial charge in [0.15, 0.2) is 0 Å². The van der Waals surface area contributed by atoms with Crippen LogP contribution in [0.25, 0.3) is 11.0 Å². The highest BCUT2D eigenvalue weighted by molar-refractivity contribution is 8.00. The number of fused-ring (bicyclic) bond motifs is 2. The minimum atomic E-state index is -1.33. The largest absolute Gasteiger partial charge is 0.477 e. The lowest BCUT2D eigenvalue weighted by Crippen LogP contribution is -2.70. The van der Waals surface area contributed by atoms with Gasteiger partial charge in [-0.25, -0.2) is 14.4 Å². The van der Waals surface area contributed by atoms with Gasteiger partial charge in [0.1, 0.15) is 29.3 Å². The minimum Gasteiger partial charge on any atom is -0.477 e. The van der Waals surface area contributed by atoms with Gasteiger partial charge in [0.25, 0.3) is 5.91 Å². The van der Waals surface area contributed by atoms with Crippen molar-refractivity contribution in [3.8, 4) is 0 Å². The molecule has 0 spiro atoms. The second-order valence-electron chi connectivity index (χ2n) is 8.89. The first-order chi connectivity index (χ1) is 20.4. The molecule has 0 bridgehead atoms. The zero-order valence-electron chi connectivity index (χ0n) is 22.7. The van der Waals surface area contributed by atoms with E-state index >= 15 is 0 Å². The number of carboxylic acids is 1. The van der Waals surface area contributed by atoms with Crippen LogP contribution < -0.4 is 22.4 Å². The number of primary amides is 1. The topological polar surface area (TPSA) is 233 Å². The first-order valence-corrected chi connectivity index (χ1v) is 14.4. The van der Waals surface area contributed by atoms with Crippen LogP contribution in [0.4, 0.5) is 4.79 Å². The molecule has 16 heteroatoms. The molecule has 0 saturated carbocycles. The summed E-state index contributed by atoms with van der Waals surface area (Å²) in [4.78, 5) is 69.2. The Morgan fingerprint density at radius 2 is 1.84 bits per heavy atom. The summed E-state index contributed by atoms with van der Waals surface area (Å²) in [5.41, 5.74) is 10.4. The van der Waals surface area contributed by atoms with Gasteiger partial charge >= 0.3 is 23.7 Å². The molecule has 0 unspecified atom stereocenters. The first-order valence-electron chi connectivity index (χ1n) is 12.5. The van der Waals surface area contributed by atoms with Crippen LogP contribution in [0, 0.1) is 0 Å². The number of nitrogens with two attached hydrogens (primary N) is 2. The third-order valence-electron chi connectivity index (χ3n) is 5.86. The quantitative estimate of drug-likeness (QED) is 0.142. The highest BCUT2D eigenvalue weighted by Gasteiger charge is 2.54. The number of nitrogens with zero attached hydrogens (tertiary/aromatic N) is 1. The van der Waals surface area contributed by atoms with Gasteiger partial charge in [-0.15, -0.1) is 23.1 Å². The summed E-state index contributed by atoms with van der Waals surface area (Å²) in [5.74, 6) is -2.23. The number of thiophene rings is 1. The molecule has 0 radical (unpaired) electrons. The Balaban J connectivity index is 0.000000246. The van der Waals surface area contributed by atoms with Crippen LogP contribution in [0.1, 0.15) is 17.4 Å². The number of aliphatic carboxylic acids is 1. The van der Waals surface area contributed by atoms with Crippen LogP contribution in [-0.4, -0.2) is 68.7 Å². The van der Waals surface area contributed by atoms with Crippen molar-refractivity contribution in [2.24, 2.45) is 11.5 Å². The number of para-hydroxylation sites is 1. The second-order valence-corrected chi connectivity index (χ2v) is 11.0. The Morgan fingerprint density at radius 1 is 1.14 bits per heavy atom. The standard InChI is InChI=1S/C16H16N2O6S2.C10H9NO2.CH3NO2/c1-8(19)24-6-9-7-26-15-12(14(21)18(15)13(9)16(22)23)17-11(20)5-10-3-2-4-25-10;11-6-8-5-7-3-1-2-4-9(7)13-10(8)12;2-1(3)4/h2-4,12,15H,5-7H2,1H3,(H,17,20)(H,22,23);1-5H,6,11H2;2H2,(H,3,4)/t12-,15-;;/m1../s1. The number of hydrogen-bond acceptors (Lipinski definition) is 11. The predicted molar refractivity (Wildman–Crippen MR) is 157 cm³/mol. The number of nitrogens with one attached hydrogen (secondary N) is 1. The van der Waals surface area contributed by atoms with Crippen molar-refractivity contribution in [3.63, 3.8) is 0 Å². The van der Waals surface area contributed by atoms with E-state index in [2.05, 4.69) is 11.1 Å². The number of amides is 3. The number of esters is 1. The summed E-state index contributed by atoms with van der Waals surface area (Å²) in [7, 11) is 0. The molecule has 2 aliphatic rings. The smallest absolute Gasteiger partial charge is 0.402 e. The molecule has 1 fully saturated rings. The SMILES string of the molecule is CC(=O)OCC1=C(C(=O)O)N2C(=O)[C@@H](NC(=O)Cc3cccs3)[C@H]2SC1.NC(=O)O.NCc1cc2ccccc2oc1=O. The van der Waals surface area contributed by atoms with Crippen LogP contribution in [0.3, 0.4) is 0 Å². The molecule has 2 aromatic heterocycles. The number of carbonyl (C=O) groups excluding carboxylic acids is 3. The molecular formula is C27H28N4O10S2. The van der Waals surface area contributed by atoms with Crippen molar-refractivity contribution in [2.45, 2.75) is 31.3 Å². The Hall–Kier alpha value is -4.67. The van der Waals surface area contributed by atoms with Crippen molar-refractivity contribution in [1.82, 2.24) is 10.2 Å². The fourth-order valence-electron chi connectivity index (χ4n) is 4.03. The molecule has 1 aromatic carbocycles. The highest BCUT2D eigenvalue weighted by atomic mass is 32.2. The van der Waals surface area contributed by atoms with E-state index in [9.17, 15) is 29.1 Å². The van der Waals surface area contributed by atoms with Gasteiger partial charge in [-0.05, 0) is 23.6 Å². The zero-order chi connectivity index (χ0) is 31.7. The third kappa shape index (κ3) is 8.67. The fourth-order valence-corrected chi connectivity index (χ4v) is 6.06. The van der Waals surface area contributed by atoms with E-state index in [-0.39, 0.29) is 36.8 Å². The number of β-lactam (4-membered cyclic amide) rings is 1. The fraction of sp³-hybridized carbons (Fsp3) is 0.259. The Bertz CT molecular complexity index is 1600. The summed E-state index contributed by atoms with van der Waals surface area (Å²) >= 11 is 2.79. The highest BCUT2D eigenvalue weighted by Crippen LogP contribution is 2.40. The predicted octanol–water partition coefficient (Wildman–Crippen LogP) is 1.47. The average Bonchev–Trinajstić information content (AvgIpc) is 3.46. The molecular weight excluding hydrogens is 604 g/mol. The van der Waals surface area contributed by atoms with Crippen LogP contribution in [-0.2, 0) is 36.9 Å². The number of thioether (sulfide) groups is 1. The monoisotopic (exact) mass is 632 g/mol. The van der Waals surface area contributed by atoms with Gasteiger partial charge in [-0.1, -0.05) is 24.3 Å². The van der Waals surface area contributed by atoms with Crippen LogP contribution in [0.5, 0.6) is 0 Å². The van der Waals surface area contributed by atoms with Gasteiger partial charge in [-0.3, -0.25) is 19.3 Å². The van der Waals surface area contributed by atoms with Crippen LogP contribution in [0.2, 0.25) is 0 Å². The number of carbonyl (C=O) groups is 5. The molecule has 228 valence electrons. The van der Waals surface area contributed by atoms with Crippen molar-refractivity contribution in [1.29, 1.82) is 0 Å². The summed E-state index contributed by atoms with van der Waals surface area (Å²) in [6.45, 7) is 1.27. The second kappa shape index (κ2) is 15.0. The van der Waals surface area contributed by atoms with E-state index in [1.165, 1.54) is 30.0 Å². The van der Waals surface area contributed by atoms with E-state index in [1.54, 1.807) is 12.1 Å². The number of ether oxygens (including phenoxy) is 1. The molecule has 14 nitrogen and oxygen atoms in total. The molecule has 3 aromatic rings. The first kappa shape index (κ1) is 32.8. The maximum Gasteiger partial charge on any atom is 0.402 e. The average molecular weight is 633 g/mol. The lowest BCUT2D eigenvalue weighted by molar-refractivity contribution is -0.151. The Labute approximate surface area is 252 Å².